The molecule has 0 aromatic carbocycles. The van der Waals surface area contributed by atoms with Crippen molar-refractivity contribution in [3.05, 3.63) is 54.2 Å². The zero-order valence-corrected chi connectivity index (χ0v) is 15.6. The fraction of sp³-hybridized carbons (Fsp3) is 0.350. The number of aromatic nitrogens is 4. The summed E-state index contributed by atoms with van der Waals surface area (Å²) in [5, 5.41) is 4.06. The Morgan fingerprint density at radius 1 is 1.21 bits per heavy atom. The van der Waals surface area contributed by atoms with Crippen molar-refractivity contribution in [2.45, 2.75) is 25.7 Å². The zero-order valence-electron chi connectivity index (χ0n) is 15.6. The second-order valence-electron chi connectivity index (χ2n) is 6.56. The predicted octanol–water partition coefficient (Wildman–Crippen LogP) is 3.09. The van der Waals surface area contributed by atoms with E-state index in [0.29, 0.717) is 29.6 Å². The lowest BCUT2D eigenvalue weighted by molar-refractivity contribution is 0.0526. The minimum Gasteiger partial charge on any atom is -0.462 e. The lowest BCUT2D eigenvalue weighted by Gasteiger charge is -2.31. The van der Waals surface area contributed by atoms with E-state index < -0.39 is 0 Å². The zero-order chi connectivity index (χ0) is 19.3. The molecule has 28 heavy (non-hydrogen) atoms. The lowest BCUT2D eigenvalue weighted by Crippen LogP contribution is -2.33. The molecule has 0 unspecified atom stereocenters. The molecule has 3 aromatic rings. The van der Waals surface area contributed by atoms with Gasteiger partial charge in [-0.2, -0.15) is 4.98 Å². The molecule has 0 N–H and O–H groups in total. The maximum Gasteiger partial charge on any atom is 0.339 e. The third kappa shape index (κ3) is 3.85. The Kier molecular flexibility index (Phi) is 5.27. The van der Waals surface area contributed by atoms with Crippen LogP contribution in [0, 0.1) is 0 Å². The summed E-state index contributed by atoms with van der Waals surface area (Å²) in [7, 11) is 0. The van der Waals surface area contributed by atoms with Gasteiger partial charge in [-0.05, 0) is 44.0 Å². The van der Waals surface area contributed by atoms with Gasteiger partial charge in [0, 0.05) is 31.4 Å². The SMILES string of the molecule is CCOC(=O)c1ccc(N2CCC(c3nc(-c4ccccn4)no3)CC2)nc1. The summed E-state index contributed by atoms with van der Waals surface area (Å²) in [5.41, 5.74) is 1.18. The number of anilines is 1. The minimum absolute atomic E-state index is 0.222. The molecule has 0 atom stereocenters. The van der Waals surface area contributed by atoms with Crippen molar-refractivity contribution in [1.29, 1.82) is 0 Å². The number of ether oxygens (including phenoxy) is 1. The molecule has 1 aliphatic heterocycles. The Morgan fingerprint density at radius 2 is 2.07 bits per heavy atom. The molecule has 4 rings (SSSR count). The van der Waals surface area contributed by atoms with Crippen LogP contribution >= 0.6 is 0 Å². The van der Waals surface area contributed by atoms with Crippen molar-refractivity contribution in [3.8, 4) is 11.5 Å². The van der Waals surface area contributed by atoms with Gasteiger partial charge >= 0.3 is 5.97 Å². The molecule has 144 valence electrons. The van der Waals surface area contributed by atoms with E-state index in [4.69, 9.17) is 9.26 Å². The number of hydrogen-bond donors (Lipinski definition) is 0. The fourth-order valence-electron chi connectivity index (χ4n) is 3.26. The second-order valence-corrected chi connectivity index (χ2v) is 6.56. The van der Waals surface area contributed by atoms with Crippen LogP contribution in [0.25, 0.3) is 11.5 Å². The van der Waals surface area contributed by atoms with Gasteiger partial charge < -0.3 is 14.2 Å². The quantitative estimate of drug-likeness (QED) is 0.624. The molecule has 1 fully saturated rings. The average molecular weight is 379 g/mol. The minimum atomic E-state index is -0.347. The first-order valence-electron chi connectivity index (χ1n) is 9.37. The number of rotatable bonds is 5. The Labute approximate surface area is 162 Å². The van der Waals surface area contributed by atoms with Gasteiger partial charge in [0.25, 0.3) is 0 Å². The molecule has 0 spiro atoms. The molecule has 0 radical (unpaired) electrons. The molecular formula is C20H21N5O3. The highest BCUT2D eigenvalue weighted by molar-refractivity contribution is 5.89. The van der Waals surface area contributed by atoms with Gasteiger partial charge in [-0.25, -0.2) is 9.78 Å². The molecule has 0 aliphatic carbocycles. The van der Waals surface area contributed by atoms with Gasteiger partial charge in [0.2, 0.25) is 11.7 Å². The highest BCUT2D eigenvalue weighted by Crippen LogP contribution is 2.30. The number of carbonyl (C=O) groups excluding carboxylic acids is 1. The third-order valence-corrected chi connectivity index (χ3v) is 4.76. The maximum atomic E-state index is 11.7. The summed E-state index contributed by atoms with van der Waals surface area (Å²) in [5.74, 6) is 1.91. The van der Waals surface area contributed by atoms with Crippen molar-refractivity contribution in [2.75, 3.05) is 24.6 Å². The average Bonchev–Trinajstić information content (AvgIpc) is 3.25. The predicted molar refractivity (Wildman–Crippen MR) is 102 cm³/mol. The topological polar surface area (TPSA) is 94.2 Å². The molecule has 1 saturated heterocycles. The van der Waals surface area contributed by atoms with E-state index in [-0.39, 0.29) is 11.9 Å². The first kappa shape index (κ1) is 18.1. The van der Waals surface area contributed by atoms with Crippen LogP contribution < -0.4 is 4.90 Å². The monoisotopic (exact) mass is 379 g/mol. The van der Waals surface area contributed by atoms with Crippen molar-refractivity contribution >= 4 is 11.8 Å². The van der Waals surface area contributed by atoms with E-state index in [2.05, 4.69) is 25.0 Å². The summed E-state index contributed by atoms with van der Waals surface area (Å²) < 4.78 is 10.5. The van der Waals surface area contributed by atoms with Crippen LogP contribution in [-0.4, -0.2) is 45.8 Å². The molecule has 4 heterocycles. The van der Waals surface area contributed by atoms with E-state index in [1.54, 1.807) is 25.4 Å². The smallest absolute Gasteiger partial charge is 0.339 e. The summed E-state index contributed by atoms with van der Waals surface area (Å²) in [4.78, 5) is 27.1. The van der Waals surface area contributed by atoms with Gasteiger partial charge in [-0.3, -0.25) is 4.98 Å². The summed E-state index contributed by atoms with van der Waals surface area (Å²) in [6, 6.07) is 9.23. The van der Waals surface area contributed by atoms with Crippen molar-refractivity contribution in [2.24, 2.45) is 0 Å². The van der Waals surface area contributed by atoms with Crippen LogP contribution in [0.1, 0.15) is 41.9 Å². The van der Waals surface area contributed by atoms with Gasteiger partial charge in [0.15, 0.2) is 0 Å². The summed E-state index contributed by atoms with van der Waals surface area (Å²) >= 11 is 0. The van der Waals surface area contributed by atoms with Crippen molar-refractivity contribution in [3.63, 3.8) is 0 Å². The standard InChI is InChI=1S/C20H21N5O3/c1-2-27-20(26)15-6-7-17(22-13-15)25-11-8-14(9-12-25)19-23-18(24-28-19)16-5-3-4-10-21-16/h3-7,10,13-14H,2,8-9,11-12H2,1H3. The van der Waals surface area contributed by atoms with Gasteiger partial charge in [0.05, 0.1) is 12.2 Å². The summed E-state index contributed by atoms with van der Waals surface area (Å²) in [6.45, 7) is 3.80. The molecular weight excluding hydrogens is 358 g/mol. The Hall–Kier alpha value is -3.29. The molecule has 0 amide bonds. The first-order chi connectivity index (χ1) is 13.7. The van der Waals surface area contributed by atoms with E-state index in [9.17, 15) is 4.79 Å². The Bertz CT molecular complexity index is 919. The van der Waals surface area contributed by atoms with Crippen LogP contribution in [0.3, 0.4) is 0 Å². The molecule has 0 saturated carbocycles. The number of piperidine rings is 1. The van der Waals surface area contributed by atoms with Crippen LogP contribution in [0.2, 0.25) is 0 Å². The van der Waals surface area contributed by atoms with Gasteiger partial charge in [-0.1, -0.05) is 11.2 Å². The summed E-state index contributed by atoms with van der Waals surface area (Å²) in [6.07, 6.45) is 5.07. The maximum absolute atomic E-state index is 11.7. The van der Waals surface area contributed by atoms with E-state index >= 15 is 0 Å². The fourth-order valence-corrected chi connectivity index (χ4v) is 3.26. The van der Waals surface area contributed by atoms with Crippen LogP contribution in [-0.2, 0) is 4.74 Å². The molecule has 0 bridgehead atoms. The number of esters is 1. The van der Waals surface area contributed by atoms with Crippen molar-refractivity contribution < 1.29 is 14.1 Å². The van der Waals surface area contributed by atoms with E-state index in [1.807, 2.05) is 24.3 Å². The van der Waals surface area contributed by atoms with Gasteiger partial charge in [0.1, 0.15) is 11.5 Å². The van der Waals surface area contributed by atoms with Crippen LogP contribution in [0.15, 0.2) is 47.2 Å². The number of pyridine rings is 2. The van der Waals surface area contributed by atoms with Crippen LogP contribution in [0.5, 0.6) is 0 Å². The van der Waals surface area contributed by atoms with Crippen molar-refractivity contribution in [1.82, 2.24) is 20.1 Å². The number of nitrogens with zero attached hydrogens (tertiary/aromatic N) is 5. The number of hydrogen-bond acceptors (Lipinski definition) is 8. The molecule has 1 aliphatic rings. The van der Waals surface area contributed by atoms with E-state index in [1.165, 1.54) is 0 Å². The lowest BCUT2D eigenvalue weighted by atomic mass is 9.97. The molecule has 3 aromatic heterocycles. The van der Waals surface area contributed by atoms with Crippen LogP contribution in [0.4, 0.5) is 5.82 Å². The van der Waals surface area contributed by atoms with Gasteiger partial charge in [-0.15, -0.1) is 0 Å². The third-order valence-electron chi connectivity index (χ3n) is 4.76. The normalized spacial score (nSPS) is 14.8. The Morgan fingerprint density at radius 3 is 2.75 bits per heavy atom. The largest absolute Gasteiger partial charge is 0.462 e. The highest BCUT2D eigenvalue weighted by Gasteiger charge is 2.26. The highest BCUT2D eigenvalue weighted by atomic mass is 16.5. The Balaban J connectivity index is 1.37. The van der Waals surface area contributed by atoms with E-state index in [0.717, 1.165) is 31.7 Å². The molecule has 8 nitrogen and oxygen atoms in total. The number of carbonyl (C=O) groups is 1. The second kappa shape index (κ2) is 8.16. The molecule has 8 heteroatoms. The first-order valence-corrected chi connectivity index (χ1v) is 9.37.